The van der Waals surface area contributed by atoms with E-state index in [-0.39, 0.29) is 0 Å². The number of nitrogens with zero attached hydrogens (tertiary/aromatic N) is 2. The highest BCUT2D eigenvalue weighted by molar-refractivity contribution is 6.30. The minimum absolute atomic E-state index is 0.591. The third kappa shape index (κ3) is 4.18. The molecule has 1 aliphatic carbocycles. The van der Waals surface area contributed by atoms with Crippen LogP contribution in [0.5, 0.6) is 0 Å². The monoisotopic (exact) mass is 335 g/mol. The Hall–Kier alpha value is -1.26. The van der Waals surface area contributed by atoms with E-state index in [1.54, 1.807) is 0 Å². The van der Waals surface area contributed by atoms with Crippen LogP contribution in [0.3, 0.4) is 0 Å². The Kier molecular flexibility index (Phi) is 5.44. The van der Waals surface area contributed by atoms with Gasteiger partial charge >= 0.3 is 0 Å². The molecule has 0 amide bonds. The molecule has 2 fully saturated rings. The number of hydrogen-bond acceptors (Lipinski definition) is 2. The van der Waals surface area contributed by atoms with Crippen LogP contribution in [0.4, 0.5) is 0 Å². The van der Waals surface area contributed by atoms with Gasteiger partial charge in [0.05, 0.1) is 13.2 Å². The second-order valence-corrected chi connectivity index (χ2v) is 7.12. The highest BCUT2D eigenvalue weighted by atomic mass is 35.5. The van der Waals surface area contributed by atoms with Crippen molar-refractivity contribution in [1.82, 2.24) is 10.2 Å². The molecule has 23 heavy (non-hydrogen) atoms. The molecule has 2 aliphatic rings. The molecule has 0 radical (unpaired) electrons. The van der Waals surface area contributed by atoms with Crippen LogP contribution < -0.4 is 5.32 Å². The van der Waals surface area contributed by atoms with E-state index in [0.29, 0.717) is 18.6 Å². The van der Waals surface area contributed by atoms with Crippen LogP contribution in [-0.2, 0) is 11.3 Å². The molecule has 5 heteroatoms. The summed E-state index contributed by atoms with van der Waals surface area (Å²) in [7, 11) is 1.86. The molecule has 4 nitrogen and oxygen atoms in total. The van der Waals surface area contributed by atoms with Crippen molar-refractivity contribution >= 4 is 17.6 Å². The number of rotatable bonds is 5. The summed E-state index contributed by atoms with van der Waals surface area (Å²) in [6, 6.07) is 7.79. The number of halogens is 1. The smallest absolute Gasteiger partial charge is 0.193 e. The zero-order valence-corrected chi connectivity index (χ0v) is 14.6. The molecule has 126 valence electrons. The molecule has 0 unspecified atom stereocenters. The summed E-state index contributed by atoms with van der Waals surface area (Å²) in [5, 5.41) is 4.17. The molecule has 1 spiro atoms. The van der Waals surface area contributed by atoms with Gasteiger partial charge in [-0.15, -0.1) is 0 Å². The van der Waals surface area contributed by atoms with Crippen LogP contribution in [-0.4, -0.2) is 44.1 Å². The van der Waals surface area contributed by atoms with Crippen molar-refractivity contribution < 1.29 is 4.74 Å². The van der Waals surface area contributed by atoms with Crippen molar-refractivity contribution in [1.29, 1.82) is 0 Å². The molecule has 1 saturated heterocycles. The molecule has 0 bridgehead atoms. The van der Waals surface area contributed by atoms with Crippen LogP contribution in [0.2, 0.25) is 5.02 Å². The number of benzene rings is 1. The molecular weight excluding hydrogens is 310 g/mol. The zero-order chi connectivity index (χ0) is 16.1. The van der Waals surface area contributed by atoms with E-state index in [4.69, 9.17) is 16.3 Å². The summed E-state index contributed by atoms with van der Waals surface area (Å²) < 4.78 is 5.71. The Labute approximate surface area is 143 Å². The highest BCUT2D eigenvalue weighted by Crippen LogP contribution is 2.47. The molecule has 3 rings (SSSR count). The highest BCUT2D eigenvalue weighted by Gasteiger charge is 2.43. The Morgan fingerprint density at radius 1 is 1.39 bits per heavy atom. The topological polar surface area (TPSA) is 36.9 Å². The fraction of sp³-hybridized carbons (Fsp3) is 0.611. The lowest BCUT2D eigenvalue weighted by atomic mass is 9.68. The fourth-order valence-corrected chi connectivity index (χ4v) is 3.80. The maximum absolute atomic E-state index is 5.97. The molecule has 1 aromatic rings. The minimum atomic E-state index is 0.591. The number of likely N-dealkylation sites (tertiary alicyclic amines) is 1. The molecule has 1 N–H and O–H groups in total. The quantitative estimate of drug-likeness (QED) is 0.509. The summed E-state index contributed by atoms with van der Waals surface area (Å²) in [5.41, 5.74) is 1.70. The maximum atomic E-state index is 5.97. The number of hydrogen-bond donors (Lipinski definition) is 1. The van der Waals surface area contributed by atoms with Gasteiger partial charge in [0.1, 0.15) is 0 Å². The lowest BCUT2D eigenvalue weighted by Gasteiger charge is -2.38. The van der Waals surface area contributed by atoms with E-state index < -0.39 is 0 Å². The van der Waals surface area contributed by atoms with Crippen molar-refractivity contribution in [3.8, 4) is 0 Å². The number of guanidine groups is 1. The summed E-state index contributed by atoms with van der Waals surface area (Å²) >= 11 is 5.97. The summed E-state index contributed by atoms with van der Waals surface area (Å²) in [6.07, 6.45) is 5.50. The van der Waals surface area contributed by atoms with Crippen molar-refractivity contribution in [3.63, 3.8) is 0 Å². The molecule has 0 atom stereocenters. The van der Waals surface area contributed by atoms with E-state index >= 15 is 0 Å². The lowest BCUT2D eigenvalue weighted by Crippen LogP contribution is -2.43. The minimum Gasteiger partial charge on any atom is -0.375 e. The summed E-state index contributed by atoms with van der Waals surface area (Å²) in [4.78, 5) is 6.82. The second-order valence-electron chi connectivity index (χ2n) is 6.68. The molecule has 1 heterocycles. The first-order valence-electron chi connectivity index (χ1n) is 8.49. The van der Waals surface area contributed by atoms with Gasteiger partial charge in [-0.1, -0.05) is 30.2 Å². The Morgan fingerprint density at radius 2 is 2.26 bits per heavy atom. The third-order valence-corrected chi connectivity index (χ3v) is 5.29. The normalized spacial score (nSPS) is 19.9. The predicted octanol–water partition coefficient (Wildman–Crippen LogP) is 3.31. The average Bonchev–Trinajstić information content (AvgIpc) is 2.97. The first kappa shape index (κ1) is 16.6. The fourth-order valence-electron chi connectivity index (χ4n) is 3.58. The zero-order valence-electron chi connectivity index (χ0n) is 13.9. The van der Waals surface area contributed by atoms with Crippen LogP contribution in [0.15, 0.2) is 29.3 Å². The lowest BCUT2D eigenvalue weighted by molar-refractivity contribution is 0.124. The number of aliphatic imine (C=N–C) groups is 1. The molecule has 1 saturated carbocycles. The van der Waals surface area contributed by atoms with E-state index in [1.807, 2.05) is 31.3 Å². The predicted molar refractivity (Wildman–Crippen MR) is 94.9 cm³/mol. The standard InChI is InChI=1S/C18H26ClN3O/c1-20-17(22-10-8-18(14-22)6-3-7-18)21-9-11-23-13-15-4-2-5-16(19)12-15/h2,4-5,12H,3,6-11,13-14H2,1H3,(H,20,21). The summed E-state index contributed by atoms with van der Waals surface area (Å²) in [5.74, 6) is 1.01. The van der Waals surface area contributed by atoms with Gasteiger partial charge in [-0.05, 0) is 42.4 Å². The van der Waals surface area contributed by atoms with Gasteiger partial charge in [0.15, 0.2) is 5.96 Å². The Balaban J connectivity index is 1.36. The van der Waals surface area contributed by atoms with Gasteiger partial charge in [-0.3, -0.25) is 4.99 Å². The van der Waals surface area contributed by atoms with Crippen LogP contribution in [0.1, 0.15) is 31.2 Å². The largest absolute Gasteiger partial charge is 0.375 e. The van der Waals surface area contributed by atoms with Crippen LogP contribution >= 0.6 is 11.6 Å². The van der Waals surface area contributed by atoms with E-state index in [2.05, 4.69) is 15.2 Å². The maximum Gasteiger partial charge on any atom is 0.193 e. The van der Waals surface area contributed by atoms with Crippen molar-refractivity contribution in [3.05, 3.63) is 34.9 Å². The van der Waals surface area contributed by atoms with Crippen molar-refractivity contribution in [2.45, 2.75) is 32.3 Å². The van der Waals surface area contributed by atoms with Gasteiger partial charge in [0.25, 0.3) is 0 Å². The Bertz CT molecular complexity index is 557. The van der Waals surface area contributed by atoms with E-state index in [1.165, 1.54) is 25.7 Å². The van der Waals surface area contributed by atoms with Gasteiger partial charge in [0, 0.05) is 31.7 Å². The number of nitrogens with one attached hydrogen (secondary N) is 1. The van der Waals surface area contributed by atoms with Gasteiger partial charge in [-0.25, -0.2) is 0 Å². The van der Waals surface area contributed by atoms with Gasteiger partial charge in [0.2, 0.25) is 0 Å². The van der Waals surface area contributed by atoms with Gasteiger partial charge < -0.3 is 15.0 Å². The molecule has 1 aliphatic heterocycles. The van der Waals surface area contributed by atoms with Crippen molar-refractivity contribution in [2.75, 3.05) is 33.3 Å². The van der Waals surface area contributed by atoms with Gasteiger partial charge in [-0.2, -0.15) is 0 Å². The molecule has 1 aromatic carbocycles. The number of ether oxygens (including phenoxy) is 1. The molecular formula is C18H26ClN3O. The van der Waals surface area contributed by atoms with E-state index in [9.17, 15) is 0 Å². The first-order valence-corrected chi connectivity index (χ1v) is 8.86. The van der Waals surface area contributed by atoms with E-state index in [0.717, 1.165) is 36.2 Å². The SMILES string of the molecule is CN=C(NCCOCc1cccc(Cl)c1)N1CCC2(CCC2)C1. The average molecular weight is 336 g/mol. The van der Waals surface area contributed by atoms with Crippen molar-refractivity contribution in [2.24, 2.45) is 10.4 Å². The Morgan fingerprint density at radius 3 is 2.91 bits per heavy atom. The first-order chi connectivity index (χ1) is 11.2. The molecule has 0 aromatic heterocycles. The van der Waals surface area contributed by atoms with Crippen LogP contribution in [0.25, 0.3) is 0 Å². The second kappa shape index (κ2) is 7.54. The summed E-state index contributed by atoms with van der Waals surface area (Å²) in [6.45, 7) is 4.31. The van der Waals surface area contributed by atoms with Crippen LogP contribution in [0, 0.1) is 5.41 Å². The third-order valence-electron chi connectivity index (χ3n) is 5.05.